The Labute approximate surface area is 121 Å². The van der Waals surface area contributed by atoms with Gasteiger partial charge in [0.25, 0.3) is 5.91 Å². The van der Waals surface area contributed by atoms with Crippen molar-refractivity contribution in [3.63, 3.8) is 0 Å². The minimum Gasteiger partial charge on any atom is -0.339 e. The van der Waals surface area contributed by atoms with Crippen molar-refractivity contribution in [2.75, 3.05) is 13.1 Å². The van der Waals surface area contributed by atoms with E-state index < -0.39 is 17.6 Å². The van der Waals surface area contributed by atoms with E-state index in [1.807, 2.05) is 0 Å². The average Bonchev–Trinajstić information content (AvgIpc) is 2.38. The summed E-state index contributed by atoms with van der Waals surface area (Å²) in [5, 5.41) is 0. The van der Waals surface area contributed by atoms with Gasteiger partial charge in [-0.05, 0) is 25.0 Å². The van der Waals surface area contributed by atoms with Crippen LogP contribution in [-0.4, -0.2) is 29.9 Å². The Bertz CT molecular complexity index is 471. The number of hydrogen-bond donors (Lipinski definition) is 1. The van der Waals surface area contributed by atoms with Crippen LogP contribution < -0.4 is 5.73 Å². The summed E-state index contributed by atoms with van der Waals surface area (Å²) < 4.78 is 38.5. The third-order valence-corrected chi connectivity index (χ3v) is 3.29. The van der Waals surface area contributed by atoms with Gasteiger partial charge in [0, 0.05) is 19.1 Å². The molecule has 1 fully saturated rings. The van der Waals surface area contributed by atoms with Crippen LogP contribution in [-0.2, 0) is 6.18 Å². The lowest BCUT2D eigenvalue weighted by Gasteiger charge is -2.30. The fourth-order valence-corrected chi connectivity index (χ4v) is 2.19. The second-order valence-corrected chi connectivity index (χ2v) is 4.67. The molecule has 1 aliphatic rings. The first-order chi connectivity index (χ1) is 8.89. The SMILES string of the molecule is Cl.NC1CCN(C(=O)c2ccccc2C(F)(F)F)CC1. The van der Waals surface area contributed by atoms with Gasteiger partial charge in [0.05, 0.1) is 11.1 Å². The molecule has 0 atom stereocenters. The number of amides is 1. The minimum absolute atomic E-state index is 0. The van der Waals surface area contributed by atoms with Gasteiger partial charge in [-0.3, -0.25) is 4.79 Å². The highest BCUT2D eigenvalue weighted by molar-refractivity contribution is 5.96. The van der Waals surface area contributed by atoms with Gasteiger partial charge >= 0.3 is 6.18 Å². The number of nitrogens with two attached hydrogens (primary N) is 1. The molecule has 3 nitrogen and oxygen atoms in total. The molecular formula is C13H16ClF3N2O. The van der Waals surface area contributed by atoms with Crippen LogP contribution >= 0.6 is 12.4 Å². The summed E-state index contributed by atoms with van der Waals surface area (Å²) in [6.45, 7) is 0.818. The topological polar surface area (TPSA) is 46.3 Å². The van der Waals surface area contributed by atoms with Gasteiger partial charge in [0.1, 0.15) is 0 Å². The van der Waals surface area contributed by atoms with E-state index in [4.69, 9.17) is 5.73 Å². The molecule has 1 saturated heterocycles. The van der Waals surface area contributed by atoms with E-state index in [0.29, 0.717) is 25.9 Å². The van der Waals surface area contributed by atoms with Crippen LogP contribution in [0.5, 0.6) is 0 Å². The minimum atomic E-state index is -4.52. The number of benzene rings is 1. The fourth-order valence-electron chi connectivity index (χ4n) is 2.19. The molecule has 0 spiro atoms. The summed E-state index contributed by atoms with van der Waals surface area (Å²) in [7, 11) is 0. The highest BCUT2D eigenvalue weighted by Crippen LogP contribution is 2.32. The van der Waals surface area contributed by atoms with Crippen molar-refractivity contribution in [3.05, 3.63) is 35.4 Å². The quantitative estimate of drug-likeness (QED) is 0.867. The lowest BCUT2D eigenvalue weighted by Crippen LogP contribution is -2.43. The number of carbonyl (C=O) groups excluding carboxylic acids is 1. The number of nitrogens with zero attached hydrogens (tertiary/aromatic N) is 1. The molecule has 1 aromatic carbocycles. The lowest BCUT2D eigenvalue weighted by atomic mass is 10.0. The molecule has 0 radical (unpaired) electrons. The van der Waals surface area contributed by atoms with Crippen LogP contribution in [0.15, 0.2) is 24.3 Å². The molecule has 7 heteroatoms. The molecule has 1 amide bonds. The Balaban J connectivity index is 0.00000200. The van der Waals surface area contributed by atoms with E-state index in [2.05, 4.69) is 0 Å². The van der Waals surface area contributed by atoms with Gasteiger partial charge in [-0.1, -0.05) is 12.1 Å². The van der Waals surface area contributed by atoms with E-state index >= 15 is 0 Å². The van der Waals surface area contributed by atoms with Gasteiger partial charge in [-0.15, -0.1) is 12.4 Å². The average molecular weight is 309 g/mol. The summed E-state index contributed by atoms with van der Waals surface area (Å²) >= 11 is 0. The molecule has 112 valence electrons. The molecule has 0 aliphatic carbocycles. The smallest absolute Gasteiger partial charge is 0.339 e. The largest absolute Gasteiger partial charge is 0.417 e. The molecule has 1 aromatic rings. The maximum absolute atomic E-state index is 12.8. The van der Waals surface area contributed by atoms with Crippen molar-refractivity contribution in [2.24, 2.45) is 5.73 Å². The maximum Gasteiger partial charge on any atom is 0.417 e. The Morgan fingerprint density at radius 2 is 1.75 bits per heavy atom. The van der Waals surface area contributed by atoms with Gasteiger partial charge < -0.3 is 10.6 Å². The summed E-state index contributed by atoms with van der Waals surface area (Å²) in [5.41, 5.74) is 4.55. The Hall–Kier alpha value is -1.27. The van der Waals surface area contributed by atoms with Crippen molar-refractivity contribution in [2.45, 2.75) is 25.1 Å². The fraction of sp³-hybridized carbons (Fsp3) is 0.462. The molecule has 2 rings (SSSR count). The van der Waals surface area contributed by atoms with E-state index in [1.165, 1.54) is 23.1 Å². The molecule has 1 aliphatic heterocycles. The molecule has 0 aromatic heterocycles. The second kappa shape index (κ2) is 6.45. The third kappa shape index (κ3) is 3.64. The Morgan fingerprint density at radius 1 is 1.20 bits per heavy atom. The molecule has 2 N–H and O–H groups in total. The Morgan fingerprint density at radius 3 is 2.30 bits per heavy atom. The van der Waals surface area contributed by atoms with Crippen LogP contribution in [0.25, 0.3) is 0 Å². The molecule has 0 unspecified atom stereocenters. The van der Waals surface area contributed by atoms with Crippen LogP contribution in [0.3, 0.4) is 0 Å². The summed E-state index contributed by atoms with van der Waals surface area (Å²) in [5.74, 6) is -0.570. The number of carbonyl (C=O) groups is 1. The van der Waals surface area contributed by atoms with Gasteiger partial charge in [0.2, 0.25) is 0 Å². The molecular weight excluding hydrogens is 293 g/mol. The highest BCUT2D eigenvalue weighted by Gasteiger charge is 2.36. The van der Waals surface area contributed by atoms with Gasteiger partial charge in [-0.25, -0.2) is 0 Å². The van der Waals surface area contributed by atoms with Crippen LogP contribution in [0.4, 0.5) is 13.2 Å². The predicted molar refractivity (Wildman–Crippen MR) is 71.8 cm³/mol. The maximum atomic E-state index is 12.8. The number of halogens is 4. The van der Waals surface area contributed by atoms with Crippen molar-refractivity contribution < 1.29 is 18.0 Å². The Kier molecular flexibility index (Phi) is 5.42. The predicted octanol–water partition coefficient (Wildman–Crippen LogP) is 2.69. The molecule has 1 heterocycles. The van der Waals surface area contributed by atoms with Crippen LogP contribution in [0.2, 0.25) is 0 Å². The first-order valence-electron chi connectivity index (χ1n) is 6.10. The zero-order valence-electron chi connectivity index (χ0n) is 10.7. The van der Waals surface area contributed by atoms with E-state index in [-0.39, 0.29) is 24.0 Å². The van der Waals surface area contributed by atoms with Crippen molar-refractivity contribution in [1.29, 1.82) is 0 Å². The van der Waals surface area contributed by atoms with E-state index in [1.54, 1.807) is 0 Å². The number of likely N-dealkylation sites (tertiary alicyclic amines) is 1. The number of hydrogen-bond acceptors (Lipinski definition) is 2. The summed E-state index contributed by atoms with van der Waals surface area (Å²) in [4.78, 5) is 13.6. The monoisotopic (exact) mass is 308 g/mol. The number of piperidine rings is 1. The number of rotatable bonds is 1. The van der Waals surface area contributed by atoms with Gasteiger partial charge in [-0.2, -0.15) is 13.2 Å². The first-order valence-corrected chi connectivity index (χ1v) is 6.10. The van der Waals surface area contributed by atoms with Crippen molar-refractivity contribution >= 4 is 18.3 Å². The van der Waals surface area contributed by atoms with Gasteiger partial charge in [0.15, 0.2) is 0 Å². The van der Waals surface area contributed by atoms with E-state index in [9.17, 15) is 18.0 Å². The highest BCUT2D eigenvalue weighted by atomic mass is 35.5. The third-order valence-electron chi connectivity index (χ3n) is 3.29. The second-order valence-electron chi connectivity index (χ2n) is 4.67. The molecule has 20 heavy (non-hydrogen) atoms. The standard InChI is InChI=1S/C13H15F3N2O.ClH/c14-13(15,16)11-4-2-1-3-10(11)12(19)18-7-5-9(17)6-8-18;/h1-4,9H,5-8,17H2;1H. The van der Waals surface area contributed by atoms with Crippen molar-refractivity contribution in [1.82, 2.24) is 4.90 Å². The van der Waals surface area contributed by atoms with Crippen molar-refractivity contribution in [3.8, 4) is 0 Å². The van der Waals surface area contributed by atoms with Crippen LogP contribution in [0.1, 0.15) is 28.8 Å². The normalized spacial score (nSPS) is 16.7. The lowest BCUT2D eigenvalue weighted by molar-refractivity contribution is -0.138. The van der Waals surface area contributed by atoms with Crippen LogP contribution in [0, 0.1) is 0 Å². The van der Waals surface area contributed by atoms with E-state index in [0.717, 1.165) is 6.07 Å². The molecule has 0 saturated carbocycles. The molecule has 0 bridgehead atoms. The number of alkyl halides is 3. The summed E-state index contributed by atoms with van der Waals surface area (Å²) in [6, 6.07) is 4.91. The first kappa shape index (κ1) is 16.8. The zero-order chi connectivity index (χ0) is 14.0. The summed E-state index contributed by atoms with van der Waals surface area (Å²) in [6.07, 6.45) is -3.27. The zero-order valence-corrected chi connectivity index (χ0v) is 11.5.